The van der Waals surface area contributed by atoms with Crippen LogP contribution in [0.5, 0.6) is 0 Å². The lowest BCUT2D eigenvalue weighted by molar-refractivity contribution is 0.102. The molecule has 2 rings (SSSR count). The van der Waals surface area contributed by atoms with E-state index in [0.29, 0.717) is 22.2 Å². The summed E-state index contributed by atoms with van der Waals surface area (Å²) < 4.78 is 0. The zero-order valence-corrected chi connectivity index (χ0v) is 12.3. The Kier molecular flexibility index (Phi) is 5.08. The van der Waals surface area contributed by atoms with Crippen molar-refractivity contribution in [2.75, 3.05) is 10.7 Å². The standard InChI is InChI=1S/C14H16ClN5O/c1-2-4-10-7-9(8-12(18-10)20-16)14(21)19-13-11(15)5-3-6-17-13/h3,5-8H,2,4,16H2,1H3,(H,18,20)(H,17,19,21). The monoisotopic (exact) mass is 305 g/mol. The van der Waals surface area contributed by atoms with E-state index in [2.05, 4.69) is 20.7 Å². The lowest BCUT2D eigenvalue weighted by atomic mass is 10.1. The molecular formula is C14H16ClN5O. The van der Waals surface area contributed by atoms with Crippen molar-refractivity contribution < 1.29 is 4.79 Å². The number of carbonyl (C=O) groups excluding carboxylic acids is 1. The molecule has 0 saturated carbocycles. The van der Waals surface area contributed by atoms with E-state index < -0.39 is 0 Å². The van der Waals surface area contributed by atoms with Crippen LogP contribution in [-0.2, 0) is 6.42 Å². The van der Waals surface area contributed by atoms with Crippen molar-refractivity contribution >= 4 is 29.1 Å². The molecule has 0 fully saturated rings. The smallest absolute Gasteiger partial charge is 0.257 e. The first-order chi connectivity index (χ1) is 10.1. The molecule has 0 aromatic carbocycles. The minimum atomic E-state index is -0.313. The lowest BCUT2D eigenvalue weighted by Crippen LogP contribution is -2.16. The highest BCUT2D eigenvalue weighted by Gasteiger charge is 2.12. The summed E-state index contributed by atoms with van der Waals surface area (Å²) in [5, 5.41) is 3.05. The average molecular weight is 306 g/mol. The van der Waals surface area contributed by atoms with Gasteiger partial charge >= 0.3 is 0 Å². The van der Waals surface area contributed by atoms with Crippen LogP contribution >= 0.6 is 11.6 Å². The molecule has 1 amide bonds. The molecule has 7 heteroatoms. The van der Waals surface area contributed by atoms with Crippen molar-refractivity contribution in [3.8, 4) is 0 Å². The fraction of sp³-hybridized carbons (Fsp3) is 0.214. The van der Waals surface area contributed by atoms with Crippen LogP contribution in [-0.4, -0.2) is 15.9 Å². The first-order valence-electron chi connectivity index (χ1n) is 6.53. The Labute approximate surface area is 127 Å². The van der Waals surface area contributed by atoms with Gasteiger partial charge in [0.25, 0.3) is 5.91 Å². The maximum Gasteiger partial charge on any atom is 0.257 e. The molecule has 0 aliphatic rings. The number of hydrogen-bond donors (Lipinski definition) is 3. The van der Waals surface area contributed by atoms with Crippen molar-refractivity contribution in [1.29, 1.82) is 0 Å². The second-order valence-electron chi connectivity index (χ2n) is 4.41. The van der Waals surface area contributed by atoms with E-state index in [1.165, 1.54) is 0 Å². The molecular weight excluding hydrogens is 290 g/mol. The van der Waals surface area contributed by atoms with Gasteiger partial charge in [0.2, 0.25) is 0 Å². The normalized spacial score (nSPS) is 10.2. The molecule has 4 N–H and O–H groups in total. The number of halogens is 1. The number of anilines is 2. The van der Waals surface area contributed by atoms with Crippen LogP contribution in [0.25, 0.3) is 0 Å². The van der Waals surface area contributed by atoms with Gasteiger partial charge in [0.05, 0.1) is 5.02 Å². The van der Waals surface area contributed by atoms with Crippen LogP contribution in [0.15, 0.2) is 30.5 Å². The molecule has 0 saturated heterocycles. The van der Waals surface area contributed by atoms with E-state index in [1.54, 1.807) is 30.5 Å². The molecule has 6 nitrogen and oxygen atoms in total. The average Bonchev–Trinajstić information content (AvgIpc) is 2.49. The van der Waals surface area contributed by atoms with Gasteiger partial charge in [-0.05, 0) is 30.7 Å². The second kappa shape index (κ2) is 7.01. The Morgan fingerprint density at radius 1 is 1.43 bits per heavy atom. The highest BCUT2D eigenvalue weighted by atomic mass is 35.5. The SMILES string of the molecule is CCCc1cc(C(=O)Nc2ncccc2Cl)cc(NN)n1. The summed E-state index contributed by atoms with van der Waals surface area (Å²) in [6.45, 7) is 2.04. The number of nitrogens with zero attached hydrogens (tertiary/aromatic N) is 2. The highest BCUT2D eigenvalue weighted by Crippen LogP contribution is 2.19. The quantitative estimate of drug-likeness (QED) is 0.583. The molecule has 0 aliphatic heterocycles. The molecule has 0 spiro atoms. The van der Waals surface area contributed by atoms with Gasteiger partial charge in [0.1, 0.15) is 5.82 Å². The molecule has 0 radical (unpaired) electrons. The van der Waals surface area contributed by atoms with E-state index in [9.17, 15) is 4.79 Å². The van der Waals surface area contributed by atoms with Crippen LogP contribution in [0.1, 0.15) is 29.4 Å². The maximum atomic E-state index is 12.3. The minimum absolute atomic E-state index is 0.313. The largest absolute Gasteiger partial charge is 0.308 e. The molecule has 0 aliphatic carbocycles. The highest BCUT2D eigenvalue weighted by molar-refractivity contribution is 6.33. The number of hydrogen-bond acceptors (Lipinski definition) is 5. The van der Waals surface area contributed by atoms with Crippen molar-refractivity contribution in [2.24, 2.45) is 5.84 Å². The van der Waals surface area contributed by atoms with Gasteiger partial charge in [-0.1, -0.05) is 24.9 Å². The summed E-state index contributed by atoms with van der Waals surface area (Å²) in [6.07, 6.45) is 3.25. The Morgan fingerprint density at radius 3 is 2.90 bits per heavy atom. The van der Waals surface area contributed by atoms with Crippen LogP contribution in [0.4, 0.5) is 11.6 Å². The summed E-state index contributed by atoms with van der Waals surface area (Å²) in [4.78, 5) is 20.6. The van der Waals surface area contributed by atoms with Crippen LogP contribution in [0.2, 0.25) is 5.02 Å². The van der Waals surface area contributed by atoms with Gasteiger partial charge in [-0.15, -0.1) is 0 Å². The Morgan fingerprint density at radius 2 is 2.24 bits per heavy atom. The third-order valence-electron chi connectivity index (χ3n) is 2.79. The maximum absolute atomic E-state index is 12.3. The summed E-state index contributed by atoms with van der Waals surface area (Å²) in [5.74, 6) is 5.83. The molecule has 2 aromatic heterocycles. The predicted octanol–water partition coefficient (Wildman–Crippen LogP) is 2.62. The molecule has 21 heavy (non-hydrogen) atoms. The van der Waals surface area contributed by atoms with Gasteiger partial charge in [0.15, 0.2) is 5.82 Å². The Hall–Kier alpha value is -2.18. The topological polar surface area (TPSA) is 92.9 Å². The number of pyridine rings is 2. The third kappa shape index (κ3) is 3.90. The minimum Gasteiger partial charge on any atom is -0.308 e. The molecule has 110 valence electrons. The second-order valence-corrected chi connectivity index (χ2v) is 4.82. The van der Waals surface area contributed by atoms with Crippen LogP contribution < -0.4 is 16.6 Å². The third-order valence-corrected chi connectivity index (χ3v) is 3.09. The van der Waals surface area contributed by atoms with Crippen molar-refractivity contribution in [2.45, 2.75) is 19.8 Å². The molecule has 0 bridgehead atoms. The van der Waals surface area contributed by atoms with E-state index in [1.807, 2.05) is 6.92 Å². The number of hydrazine groups is 1. The molecule has 2 aromatic rings. The summed E-state index contributed by atoms with van der Waals surface area (Å²) in [5.41, 5.74) is 3.71. The lowest BCUT2D eigenvalue weighted by Gasteiger charge is -2.09. The number of aryl methyl sites for hydroxylation is 1. The fourth-order valence-corrected chi connectivity index (χ4v) is 2.00. The number of rotatable bonds is 5. The number of nitrogens with two attached hydrogens (primary N) is 1. The number of aromatic nitrogens is 2. The van der Waals surface area contributed by atoms with E-state index >= 15 is 0 Å². The van der Waals surface area contributed by atoms with Gasteiger partial charge in [-0.3, -0.25) is 4.79 Å². The molecule has 0 unspecified atom stereocenters. The van der Waals surface area contributed by atoms with Gasteiger partial charge < -0.3 is 10.7 Å². The van der Waals surface area contributed by atoms with Crippen molar-refractivity contribution in [1.82, 2.24) is 9.97 Å². The van der Waals surface area contributed by atoms with E-state index in [4.69, 9.17) is 17.4 Å². The number of nitrogens with one attached hydrogen (secondary N) is 2. The first-order valence-corrected chi connectivity index (χ1v) is 6.91. The first kappa shape index (κ1) is 15.2. The summed E-state index contributed by atoms with van der Waals surface area (Å²) in [6, 6.07) is 6.66. The number of nitrogen functional groups attached to an aromatic ring is 1. The summed E-state index contributed by atoms with van der Waals surface area (Å²) in [7, 11) is 0. The predicted molar refractivity (Wildman–Crippen MR) is 83.2 cm³/mol. The van der Waals surface area contributed by atoms with Gasteiger partial charge in [-0.2, -0.15) is 0 Å². The summed E-state index contributed by atoms with van der Waals surface area (Å²) >= 11 is 5.97. The van der Waals surface area contributed by atoms with Crippen molar-refractivity contribution in [3.05, 3.63) is 46.7 Å². The fourth-order valence-electron chi connectivity index (χ4n) is 1.83. The van der Waals surface area contributed by atoms with E-state index in [-0.39, 0.29) is 5.91 Å². The van der Waals surface area contributed by atoms with E-state index in [0.717, 1.165) is 18.5 Å². The van der Waals surface area contributed by atoms with Gasteiger partial charge in [-0.25, -0.2) is 15.8 Å². The van der Waals surface area contributed by atoms with Gasteiger partial charge in [0, 0.05) is 17.5 Å². The van der Waals surface area contributed by atoms with Crippen molar-refractivity contribution in [3.63, 3.8) is 0 Å². The zero-order valence-electron chi connectivity index (χ0n) is 11.6. The molecule has 0 atom stereocenters. The Balaban J connectivity index is 2.26. The molecule has 2 heterocycles. The van der Waals surface area contributed by atoms with Crippen LogP contribution in [0.3, 0.4) is 0 Å². The zero-order chi connectivity index (χ0) is 15.2. The number of amides is 1. The number of carbonyl (C=O) groups is 1. The Bertz CT molecular complexity index is 647. The van der Waals surface area contributed by atoms with Crippen LogP contribution in [0, 0.1) is 0 Å².